The first-order valence-corrected chi connectivity index (χ1v) is 14.1. The molecule has 9 heteroatoms. The van der Waals surface area contributed by atoms with Crippen molar-refractivity contribution in [1.29, 1.82) is 0 Å². The molecule has 1 aromatic heterocycles. The van der Waals surface area contributed by atoms with Gasteiger partial charge in [0.25, 0.3) is 5.91 Å². The van der Waals surface area contributed by atoms with E-state index in [-0.39, 0.29) is 11.7 Å². The zero-order chi connectivity index (χ0) is 27.6. The van der Waals surface area contributed by atoms with Gasteiger partial charge in [-0.1, -0.05) is 18.2 Å². The number of pyridine rings is 1. The summed E-state index contributed by atoms with van der Waals surface area (Å²) in [6.07, 6.45) is 3.06. The molecule has 3 aliphatic rings. The minimum absolute atomic E-state index is 0.0713. The summed E-state index contributed by atoms with van der Waals surface area (Å²) in [5.41, 5.74) is 12.8. The van der Waals surface area contributed by atoms with Crippen molar-refractivity contribution in [1.82, 2.24) is 15.2 Å². The summed E-state index contributed by atoms with van der Waals surface area (Å²) < 4.78 is 26.5. The number of nitrogens with zero attached hydrogens (tertiary/aromatic N) is 3. The Hall–Kier alpha value is -3.53. The number of amides is 1. The molecule has 3 aliphatic heterocycles. The second-order valence-electron chi connectivity index (χ2n) is 10.8. The summed E-state index contributed by atoms with van der Waals surface area (Å²) in [5, 5.41) is 2.87. The fraction of sp³-hybridized carbons (Fsp3) is 0.419. The topological polar surface area (TPSA) is 93.0 Å². The number of anilines is 2. The van der Waals surface area contributed by atoms with E-state index in [0.29, 0.717) is 42.6 Å². The molecule has 2 fully saturated rings. The van der Waals surface area contributed by atoms with Crippen LogP contribution in [0.25, 0.3) is 22.3 Å². The number of fused-ring (bicyclic) bond motifs is 1. The van der Waals surface area contributed by atoms with Gasteiger partial charge in [0.1, 0.15) is 5.82 Å². The number of carbonyl (C=O) groups excluding carboxylic acids is 1. The molecule has 0 radical (unpaired) electrons. The molecular formula is C31H36FN5O3. The number of nitrogen functional groups attached to an aromatic ring is 1. The van der Waals surface area contributed by atoms with Crippen LogP contribution in [0, 0.1) is 5.95 Å². The smallest absolute Gasteiger partial charge is 0.251 e. The SMILES string of the molecule is COC1CCN(Cc2cc(-c3cc(-c4ccc5c(c4)CCNC5=O)c(N)nc3F)ccc2N2CCOCC2)CC1. The highest BCUT2D eigenvalue weighted by molar-refractivity contribution is 5.97. The van der Waals surface area contributed by atoms with E-state index in [0.717, 1.165) is 79.9 Å². The molecule has 2 saturated heterocycles. The highest BCUT2D eigenvalue weighted by Gasteiger charge is 2.23. The highest BCUT2D eigenvalue weighted by Crippen LogP contribution is 2.36. The predicted octanol–water partition coefficient (Wildman–Crippen LogP) is 3.87. The Balaban J connectivity index is 1.36. The quantitative estimate of drug-likeness (QED) is 0.455. The number of halogens is 1. The van der Waals surface area contributed by atoms with Crippen molar-refractivity contribution in [3.8, 4) is 22.3 Å². The molecule has 6 rings (SSSR count). The van der Waals surface area contributed by atoms with E-state index in [1.54, 1.807) is 13.2 Å². The predicted molar refractivity (Wildman–Crippen MR) is 154 cm³/mol. The van der Waals surface area contributed by atoms with Crippen molar-refractivity contribution in [2.75, 3.05) is 63.7 Å². The van der Waals surface area contributed by atoms with E-state index in [1.807, 2.05) is 24.3 Å². The van der Waals surface area contributed by atoms with E-state index in [9.17, 15) is 4.79 Å². The number of aromatic nitrogens is 1. The molecule has 8 nitrogen and oxygen atoms in total. The fourth-order valence-corrected chi connectivity index (χ4v) is 6.07. The van der Waals surface area contributed by atoms with Crippen molar-refractivity contribution in [3.63, 3.8) is 0 Å². The molecule has 0 spiro atoms. The van der Waals surface area contributed by atoms with Gasteiger partial charge in [-0.3, -0.25) is 9.69 Å². The van der Waals surface area contributed by atoms with Gasteiger partial charge in [-0.25, -0.2) is 4.98 Å². The fourth-order valence-electron chi connectivity index (χ4n) is 6.07. The number of piperidine rings is 1. The molecule has 3 aromatic rings. The molecule has 2 aromatic carbocycles. The molecule has 3 N–H and O–H groups in total. The second-order valence-corrected chi connectivity index (χ2v) is 10.8. The first kappa shape index (κ1) is 26.7. The third-order valence-electron chi connectivity index (χ3n) is 8.35. The van der Waals surface area contributed by atoms with Crippen LogP contribution in [-0.2, 0) is 22.4 Å². The third kappa shape index (κ3) is 5.41. The Labute approximate surface area is 234 Å². The van der Waals surface area contributed by atoms with E-state index in [1.165, 1.54) is 0 Å². The second kappa shape index (κ2) is 11.5. The van der Waals surface area contributed by atoms with Crippen molar-refractivity contribution in [2.24, 2.45) is 0 Å². The summed E-state index contributed by atoms with van der Waals surface area (Å²) in [5.74, 6) is -0.532. The van der Waals surface area contributed by atoms with Crippen LogP contribution in [0.5, 0.6) is 0 Å². The summed E-state index contributed by atoms with van der Waals surface area (Å²) in [4.78, 5) is 21.1. The van der Waals surface area contributed by atoms with Gasteiger partial charge in [0.15, 0.2) is 0 Å². The van der Waals surface area contributed by atoms with Crippen molar-refractivity contribution < 1.29 is 18.7 Å². The summed E-state index contributed by atoms with van der Waals surface area (Å²) in [6.45, 7) is 6.35. The number of nitrogens with one attached hydrogen (secondary N) is 1. The Kier molecular flexibility index (Phi) is 7.69. The minimum Gasteiger partial charge on any atom is -0.383 e. The van der Waals surface area contributed by atoms with Gasteiger partial charge >= 0.3 is 0 Å². The number of hydrogen-bond donors (Lipinski definition) is 2. The van der Waals surface area contributed by atoms with Gasteiger partial charge in [-0.05, 0) is 65.8 Å². The Bertz CT molecular complexity index is 1400. The maximum Gasteiger partial charge on any atom is 0.251 e. The standard InChI is InChI=1S/C31H36FN5O3/c1-39-24-7-10-36(11-8-24)19-23-17-20(3-5-28(23)37-12-14-40-15-13-37)26-18-27(30(33)35-29(26)32)21-2-4-25-22(16-21)6-9-34-31(25)38/h2-5,16-18,24H,6-15,19H2,1H3,(H2,33,35)(H,34,38). The number of likely N-dealkylation sites (tertiary alicyclic amines) is 1. The lowest BCUT2D eigenvalue weighted by atomic mass is 9.93. The van der Waals surface area contributed by atoms with Crippen LogP contribution in [-0.4, -0.2) is 74.9 Å². The summed E-state index contributed by atoms with van der Waals surface area (Å²) >= 11 is 0. The van der Waals surface area contributed by atoms with Crippen LogP contribution in [0.3, 0.4) is 0 Å². The lowest BCUT2D eigenvalue weighted by Gasteiger charge is -2.34. The molecule has 4 heterocycles. The number of benzene rings is 2. The van der Waals surface area contributed by atoms with Crippen molar-refractivity contribution >= 4 is 17.4 Å². The van der Waals surface area contributed by atoms with Crippen molar-refractivity contribution in [2.45, 2.75) is 31.9 Å². The molecule has 1 amide bonds. The molecule has 210 valence electrons. The monoisotopic (exact) mass is 545 g/mol. The van der Waals surface area contributed by atoms with Gasteiger partial charge in [-0.15, -0.1) is 0 Å². The van der Waals surface area contributed by atoms with Gasteiger partial charge in [0.2, 0.25) is 5.95 Å². The van der Waals surface area contributed by atoms with E-state index < -0.39 is 5.95 Å². The number of morpholine rings is 1. The number of hydrogen-bond acceptors (Lipinski definition) is 7. The summed E-state index contributed by atoms with van der Waals surface area (Å²) in [7, 11) is 1.78. The number of carbonyl (C=O) groups is 1. The highest BCUT2D eigenvalue weighted by atomic mass is 19.1. The van der Waals surface area contributed by atoms with Gasteiger partial charge in [-0.2, -0.15) is 4.39 Å². The van der Waals surface area contributed by atoms with Crippen LogP contribution >= 0.6 is 0 Å². The lowest BCUT2D eigenvalue weighted by molar-refractivity contribution is 0.0389. The average molecular weight is 546 g/mol. The zero-order valence-electron chi connectivity index (χ0n) is 22.9. The largest absolute Gasteiger partial charge is 0.383 e. The minimum atomic E-state index is -0.593. The lowest BCUT2D eigenvalue weighted by Crippen LogP contribution is -2.39. The van der Waals surface area contributed by atoms with Gasteiger partial charge in [0, 0.05) is 68.8 Å². The summed E-state index contributed by atoms with van der Waals surface area (Å²) in [6, 6.07) is 13.6. The zero-order valence-corrected chi connectivity index (χ0v) is 22.9. The van der Waals surface area contributed by atoms with Crippen LogP contribution < -0.4 is 16.0 Å². The maximum atomic E-state index is 15.4. The molecule has 0 unspecified atom stereocenters. The maximum absolute atomic E-state index is 15.4. The number of nitrogens with two attached hydrogens (primary N) is 1. The van der Waals surface area contributed by atoms with E-state index in [4.69, 9.17) is 15.2 Å². The molecule has 0 bridgehead atoms. The van der Waals surface area contributed by atoms with Crippen molar-refractivity contribution in [3.05, 3.63) is 65.1 Å². The van der Waals surface area contributed by atoms with Crippen LogP contribution in [0.2, 0.25) is 0 Å². The van der Waals surface area contributed by atoms with Crippen LogP contribution in [0.1, 0.15) is 34.3 Å². The first-order valence-electron chi connectivity index (χ1n) is 14.1. The number of ether oxygens (including phenoxy) is 2. The van der Waals surface area contributed by atoms with E-state index >= 15 is 4.39 Å². The molecule has 40 heavy (non-hydrogen) atoms. The Morgan fingerprint density at radius 1 is 1.02 bits per heavy atom. The molecular weight excluding hydrogens is 509 g/mol. The van der Waals surface area contributed by atoms with Crippen LogP contribution in [0.15, 0.2) is 42.5 Å². The number of methoxy groups -OCH3 is 1. The molecule has 0 atom stereocenters. The van der Waals surface area contributed by atoms with Gasteiger partial charge in [0.05, 0.1) is 19.3 Å². The van der Waals surface area contributed by atoms with Gasteiger partial charge < -0.3 is 25.4 Å². The molecule has 0 saturated carbocycles. The number of rotatable bonds is 6. The Morgan fingerprint density at radius 3 is 2.55 bits per heavy atom. The average Bonchev–Trinajstić information content (AvgIpc) is 2.98. The van der Waals surface area contributed by atoms with Crippen LogP contribution in [0.4, 0.5) is 15.9 Å². The first-order chi connectivity index (χ1) is 19.5. The molecule has 0 aliphatic carbocycles. The Morgan fingerprint density at radius 2 is 1.77 bits per heavy atom. The van der Waals surface area contributed by atoms with E-state index in [2.05, 4.69) is 32.2 Å². The normalized spacial score (nSPS) is 18.4. The third-order valence-corrected chi connectivity index (χ3v) is 8.35.